The third kappa shape index (κ3) is 4.26. The summed E-state index contributed by atoms with van der Waals surface area (Å²) in [7, 11) is 0. The molecule has 0 aromatic heterocycles. The first-order valence-corrected chi connectivity index (χ1v) is 4.81. The number of alkyl halides is 6. The van der Waals surface area contributed by atoms with Crippen molar-refractivity contribution in [1.82, 2.24) is 0 Å². The van der Waals surface area contributed by atoms with Crippen LogP contribution in [0.3, 0.4) is 0 Å². The molecule has 0 unspecified atom stereocenters. The molecule has 0 aliphatic rings. The van der Waals surface area contributed by atoms with Gasteiger partial charge < -0.3 is 11.5 Å². The summed E-state index contributed by atoms with van der Waals surface area (Å²) in [4.78, 5) is 0. The summed E-state index contributed by atoms with van der Waals surface area (Å²) in [6.45, 7) is -0.297. The Bertz CT molecular complexity index is 429. The molecule has 0 bridgehead atoms. The maximum atomic E-state index is 12.6. The zero-order valence-electron chi connectivity index (χ0n) is 9.35. The van der Waals surface area contributed by atoms with E-state index >= 15 is 0 Å². The van der Waals surface area contributed by atoms with Crippen molar-refractivity contribution in [2.45, 2.75) is 18.4 Å². The highest BCUT2D eigenvalue weighted by Crippen LogP contribution is 2.38. The maximum Gasteiger partial charge on any atom is 0.416 e. The minimum atomic E-state index is -4.91. The standard InChI is InChI=1S/C10H10F6N2.ClH/c11-9(12,13)5-1-2-6(8(18)4-17)7(3-5)10(14,15)16;/h1-3,8H,4,17-18H2;1H/t8-;/m1./s1. The average Bonchev–Trinajstić information content (AvgIpc) is 2.24. The van der Waals surface area contributed by atoms with E-state index in [0.717, 1.165) is 0 Å². The van der Waals surface area contributed by atoms with Crippen molar-refractivity contribution in [2.75, 3.05) is 6.54 Å². The van der Waals surface area contributed by atoms with Gasteiger partial charge in [0.25, 0.3) is 0 Å². The lowest BCUT2D eigenvalue weighted by molar-refractivity contribution is -0.143. The van der Waals surface area contributed by atoms with Crippen molar-refractivity contribution in [3.05, 3.63) is 34.9 Å². The molecule has 0 fully saturated rings. The minimum Gasteiger partial charge on any atom is -0.329 e. The van der Waals surface area contributed by atoms with E-state index in [0.29, 0.717) is 12.1 Å². The maximum absolute atomic E-state index is 12.6. The van der Waals surface area contributed by atoms with Gasteiger partial charge in [0.05, 0.1) is 11.1 Å². The van der Waals surface area contributed by atoms with Crippen LogP contribution in [0.25, 0.3) is 0 Å². The zero-order chi connectivity index (χ0) is 14.1. The Morgan fingerprint density at radius 3 is 1.89 bits per heavy atom. The summed E-state index contributed by atoms with van der Waals surface area (Å²) in [5.41, 5.74) is 7.24. The molecule has 1 atom stereocenters. The number of halogens is 7. The monoisotopic (exact) mass is 308 g/mol. The number of hydrogen-bond donors (Lipinski definition) is 2. The van der Waals surface area contributed by atoms with Crippen molar-refractivity contribution < 1.29 is 26.3 Å². The summed E-state index contributed by atoms with van der Waals surface area (Å²) in [5.74, 6) is 0. The summed E-state index contributed by atoms with van der Waals surface area (Å²) >= 11 is 0. The van der Waals surface area contributed by atoms with Crippen molar-refractivity contribution in [3.63, 3.8) is 0 Å². The molecule has 1 rings (SSSR count). The van der Waals surface area contributed by atoms with Gasteiger partial charge >= 0.3 is 12.4 Å². The van der Waals surface area contributed by atoms with Crippen LogP contribution in [0.1, 0.15) is 22.7 Å². The van der Waals surface area contributed by atoms with Crippen LogP contribution in [0.15, 0.2) is 18.2 Å². The van der Waals surface area contributed by atoms with Crippen LogP contribution in [0.5, 0.6) is 0 Å². The Hall–Kier alpha value is -0.990. The minimum absolute atomic E-state index is 0. The van der Waals surface area contributed by atoms with Gasteiger partial charge in [-0.25, -0.2) is 0 Å². The molecular formula is C10H11ClF6N2. The molecule has 1 aromatic rings. The van der Waals surface area contributed by atoms with Gasteiger partial charge in [0.1, 0.15) is 0 Å². The van der Waals surface area contributed by atoms with E-state index in [1.165, 1.54) is 0 Å². The van der Waals surface area contributed by atoms with Crippen LogP contribution in [-0.4, -0.2) is 6.54 Å². The van der Waals surface area contributed by atoms with E-state index in [-0.39, 0.29) is 25.0 Å². The largest absolute Gasteiger partial charge is 0.416 e. The average molecular weight is 309 g/mol. The topological polar surface area (TPSA) is 52.0 Å². The number of hydrogen-bond acceptors (Lipinski definition) is 2. The van der Waals surface area contributed by atoms with Crippen molar-refractivity contribution in [3.8, 4) is 0 Å². The molecule has 0 aliphatic heterocycles. The third-order valence-corrected chi connectivity index (χ3v) is 2.34. The first-order chi connectivity index (χ1) is 8.07. The van der Waals surface area contributed by atoms with Gasteiger partial charge in [0, 0.05) is 12.6 Å². The lowest BCUT2D eigenvalue weighted by atomic mass is 9.97. The second-order valence-corrected chi connectivity index (χ2v) is 3.64. The van der Waals surface area contributed by atoms with E-state index in [1.807, 2.05) is 0 Å². The van der Waals surface area contributed by atoms with Crippen molar-refractivity contribution in [1.29, 1.82) is 0 Å². The predicted octanol–water partition coefficient (Wildman–Crippen LogP) is 3.10. The second-order valence-electron chi connectivity index (χ2n) is 3.64. The van der Waals surface area contributed by atoms with Crippen LogP contribution >= 0.6 is 12.4 Å². The molecule has 110 valence electrons. The first kappa shape index (κ1) is 18.0. The molecule has 0 spiro atoms. The highest BCUT2D eigenvalue weighted by atomic mass is 35.5. The van der Waals surface area contributed by atoms with E-state index in [1.54, 1.807) is 0 Å². The van der Waals surface area contributed by atoms with Gasteiger partial charge in [0.2, 0.25) is 0 Å². The summed E-state index contributed by atoms with van der Waals surface area (Å²) in [6.07, 6.45) is -9.76. The van der Waals surface area contributed by atoms with E-state index in [9.17, 15) is 26.3 Å². The molecule has 4 N–H and O–H groups in total. The first-order valence-electron chi connectivity index (χ1n) is 4.81. The van der Waals surface area contributed by atoms with Crippen molar-refractivity contribution in [2.24, 2.45) is 11.5 Å². The summed E-state index contributed by atoms with van der Waals surface area (Å²) in [6, 6.07) is 0.151. The number of nitrogens with two attached hydrogens (primary N) is 2. The summed E-state index contributed by atoms with van der Waals surface area (Å²) < 4.78 is 75.0. The van der Waals surface area contributed by atoms with E-state index in [2.05, 4.69) is 0 Å². The van der Waals surface area contributed by atoms with E-state index in [4.69, 9.17) is 11.5 Å². The fraction of sp³-hybridized carbons (Fsp3) is 0.400. The Balaban J connectivity index is 0.00000324. The van der Waals surface area contributed by atoms with Crippen LogP contribution in [-0.2, 0) is 12.4 Å². The molecule has 0 heterocycles. The Labute approximate surface area is 111 Å². The summed E-state index contributed by atoms with van der Waals surface area (Å²) in [5, 5.41) is 0. The second kappa shape index (κ2) is 5.98. The highest BCUT2D eigenvalue weighted by Gasteiger charge is 2.38. The Morgan fingerprint density at radius 2 is 1.53 bits per heavy atom. The number of benzene rings is 1. The van der Waals surface area contributed by atoms with Crippen LogP contribution in [0.2, 0.25) is 0 Å². The molecule has 0 aliphatic carbocycles. The fourth-order valence-corrected chi connectivity index (χ4v) is 1.43. The normalized spacial score (nSPS) is 13.9. The molecule has 0 saturated carbocycles. The molecular weight excluding hydrogens is 298 g/mol. The lowest BCUT2D eigenvalue weighted by Crippen LogP contribution is -2.25. The molecule has 9 heteroatoms. The van der Waals surface area contributed by atoms with Crippen LogP contribution in [0, 0.1) is 0 Å². The quantitative estimate of drug-likeness (QED) is 0.825. The molecule has 19 heavy (non-hydrogen) atoms. The predicted molar refractivity (Wildman–Crippen MR) is 59.7 cm³/mol. The molecule has 2 nitrogen and oxygen atoms in total. The van der Waals surface area contributed by atoms with Gasteiger partial charge in [0.15, 0.2) is 0 Å². The highest BCUT2D eigenvalue weighted by molar-refractivity contribution is 5.85. The van der Waals surface area contributed by atoms with Gasteiger partial charge in [-0.05, 0) is 17.7 Å². The van der Waals surface area contributed by atoms with Gasteiger partial charge in [-0.1, -0.05) is 6.07 Å². The zero-order valence-corrected chi connectivity index (χ0v) is 10.2. The Kier molecular flexibility index (Phi) is 5.66. The van der Waals surface area contributed by atoms with Crippen molar-refractivity contribution >= 4 is 12.4 Å². The molecule has 0 saturated heterocycles. The molecule has 0 amide bonds. The Morgan fingerprint density at radius 1 is 1.00 bits per heavy atom. The van der Waals surface area contributed by atoms with E-state index < -0.39 is 35.1 Å². The van der Waals surface area contributed by atoms with Crippen LogP contribution in [0.4, 0.5) is 26.3 Å². The molecule has 0 radical (unpaired) electrons. The fourth-order valence-electron chi connectivity index (χ4n) is 1.43. The molecule has 1 aromatic carbocycles. The third-order valence-electron chi connectivity index (χ3n) is 2.34. The smallest absolute Gasteiger partial charge is 0.329 e. The van der Waals surface area contributed by atoms with Crippen LogP contribution < -0.4 is 11.5 Å². The van der Waals surface area contributed by atoms with Gasteiger partial charge in [-0.3, -0.25) is 0 Å². The SMILES string of the molecule is Cl.NC[C@@H](N)c1ccc(C(F)(F)F)cc1C(F)(F)F. The number of rotatable bonds is 2. The van der Waals surface area contributed by atoms with Gasteiger partial charge in [-0.2, -0.15) is 26.3 Å². The lowest BCUT2D eigenvalue weighted by Gasteiger charge is -2.19. The van der Waals surface area contributed by atoms with Gasteiger partial charge in [-0.15, -0.1) is 12.4 Å².